The monoisotopic (exact) mass is 196 g/mol. The summed E-state index contributed by atoms with van der Waals surface area (Å²) in [5.74, 6) is 0. The molecule has 2 rings (SSSR count). The number of likely N-dealkylation sites (tertiary alicyclic amines) is 1. The highest BCUT2D eigenvalue weighted by Gasteiger charge is 2.45. The van der Waals surface area contributed by atoms with E-state index in [9.17, 15) is 0 Å². The molecule has 2 aliphatic rings. The van der Waals surface area contributed by atoms with Crippen LogP contribution in [0, 0.1) is 0 Å². The molecular weight excluding hydrogens is 172 g/mol. The highest BCUT2D eigenvalue weighted by molar-refractivity contribution is 5.04. The van der Waals surface area contributed by atoms with Crippen LogP contribution in [0.3, 0.4) is 0 Å². The molecule has 0 aromatic rings. The van der Waals surface area contributed by atoms with Crippen LogP contribution in [0.25, 0.3) is 0 Å². The Hall–Kier alpha value is -0.0800. The summed E-state index contributed by atoms with van der Waals surface area (Å²) in [6.45, 7) is 9.61. The van der Waals surface area contributed by atoms with Gasteiger partial charge in [-0.1, -0.05) is 13.3 Å². The topological polar surface area (TPSA) is 15.3 Å². The van der Waals surface area contributed by atoms with Crippen LogP contribution in [0.5, 0.6) is 0 Å². The number of hydrogen-bond acceptors (Lipinski definition) is 2. The van der Waals surface area contributed by atoms with E-state index in [-0.39, 0.29) is 0 Å². The maximum Gasteiger partial charge on any atom is 0.0351 e. The molecule has 1 N–H and O–H groups in total. The molecule has 0 aliphatic carbocycles. The number of hydrogen-bond donors (Lipinski definition) is 1. The predicted octanol–water partition coefficient (Wildman–Crippen LogP) is 2.00. The average Bonchev–Trinajstić information content (AvgIpc) is 2.06. The summed E-state index contributed by atoms with van der Waals surface area (Å²) >= 11 is 0. The normalized spacial score (nSPS) is 33.6. The number of fused-ring (bicyclic) bond motifs is 1. The van der Waals surface area contributed by atoms with Crippen LogP contribution in [0.1, 0.15) is 46.5 Å². The predicted molar refractivity (Wildman–Crippen MR) is 60.5 cm³/mol. The zero-order valence-corrected chi connectivity index (χ0v) is 9.84. The van der Waals surface area contributed by atoms with Crippen molar-refractivity contribution in [3.8, 4) is 0 Å². The van der Waals surface area contributed by atoms with Crippen molar-refractivity contribution < 1.29 is 0 Å². The van der Waals surface area contributed by atoms with Gasteiger partial charge in [-0.2, -0.15) is 0 Å². The van der Waals surface area contributed by atoms with Gasteiger partial charge in [0.2, 0.25) is 0 Å². The summed E-state index contributed by atoms with van der Waals surface area (Å²) in [6.07, 6.45) is 5.40. The maximum absolute atomic E-state index is 3.62. The Morgan fingerprint density at radius 3 is 2.86 bits per heavy atom. The molecule has 2 aliphatic heterocycles. The lowest BCUT2D eigenvalue weighted by Gasteiger charge is -2.58. The SMILES string of the molecule is CCCC(C)(C)N1CC2NCCCC21. The van der Waals surface area contributed by atoms with Gasteiger partial charge in [-0.05, 0) is 39.7 Å². The minimum Gasteiger partial charge on any atom is -0.311 e. The van der Waals surface area contributed by atoms with E-state index in [2.05, 4.69) is 31.0 Å². The molecule has 0 aromatic carbocycles. The van der Waals surface area contributed by atoms with E-state index >= 15 is 0 Å². The van der Waals surface area contributed by atoms with Crippen LogP contribution < -0.4 is 5.32 Å². The van der Waals surface area contributed by atoms with Gasteiger partial charge in [0.1, 0.15) is 0 Å². The Balaban J connectivity index is 1.93. The maximum atomic E-state index is 3.62. The summed E-state index contributed by atoms with van der Waals surface area (Å²) in [7, 11) is 0. The minimum absolute atomic E-state index is 0.426. The molecule has 0 spiro atoms. The fraction of sp³-hybridized carbons (Fsp3) is 1.00. The molecule has 0 bridgehead atoms. The van der Waals surface area contributed by atoms with Gasteiger partial charge < -0.3 is 5.32 Å². The second-order valence-corrected chi connectivity index (χ2v) is 5.48. The van der Waals surface area contributed by atoms with Gasteiger partial charge in [0.15, 0.2) is 0 Å². The average molecular weight is 196 g/mol. The zero-order chi connectivity index (χ0) is 10.2. The molecule has 2 saturated heterocycles. The van der Waals surface area contributed by atoms with Crippen LogP contribution in [0.15, 0.2) is 0 Å². The summed E-state index contributed by atoms with van der Waals surface area (Å²) in [5.41, 5.74) is 0.426. The van der Waals surface area contributed by atoms with Crippen LogP contribution >= 0.6 is 0 Å². The molecule has 0 radical (unpaired) electrons. The van der Waals surface area contributed by atoms with E-state index in [1.807, 2.05) is 0 Å². The van der Waals surface area contributed by atoms with Gasteiger partial charge in [0.05, 0.1) is 0 Å². The second-order valence-electron chi connectivity index (χ2n) is 5.48. The fourth-order valence-electron chi connectivity index (χ4n) is 3.16. The van der Waals surface area contributed by atoms with Gasteiger partial charge in [0, 0.05) is 24.2 Å². The van der Waals surface area contributed by atoms with Gasteiger partial charge in [-0.3, -0.25) is 4.90 Å². The lowest BCUT2D eigenvalue weighted by Crippen LogP contribution is -2.72. The van der Waals surface area contributed by atoms with Gasteiger partial charge in [0.25, 0.3) is 0 Å². The van der Waals surface area contributed by atoms with E-state index in [1.54, 1.807) is 0 Å². The first kappa shape index (κ1) is 10.4. The molecule has 2 atom stereocenters. The molecular formula is C12H24N2. The molecule has 2 heteroatoms. The molecule has 2 heterocycles. The molecule has 2 fully saturated rings. The molecule has 14 heavy (non-hydrogen) atoms. The van der Waals surface area contributed by atoms with Crippen molar-refractivity contribution in [1.29, 1.82) is 0 Å². The van der Waals surface area contributed by atoms with Crippen LogP contribution in [-0.4, -0.2) is 35.6 Å². The Morgan fingerprint density at radius 2 is 2.21 bits per heavy atom. The van der Waals surface area contributed by atoms with Gasteiger partial charge in [-0.25, -0.2) is 0 Å². The van der Waals surface area contributed by atoms with Crippen LogP contribution in [0.4, 0.5) is 0 Å². The largest absolute Gasteiger partial charge is 0.311 e. The van der Waals surface area contributed by atoms with E-state index in [4.69, 9.17) is 0 Å². The first-order valence-corrected chi connectivity index (χ1v) is 6.15. The minimum atomic E-state index is 0.426. The zero-order valence-electron chi connectivity index (χ0n) is 9.84. The summed E-state index contributed by atoms with van der Waals surface area (Å²) < 4.78 is 0. The number of nitrogens with zero attached hydrogens (tertiary/aromatic N) is 1. The smallest absolute Gasteiger partial charge is 0.0351 e. The van der Waals surface area contributed by atoms with Crippen molar-refractivity contribution in [1.82, 2.24) is 10.2 Å². The third kappa shape index (κ3) is 1.70. The Kier molecular flexibility index (Phi) is 2.85. The van der Waals surface area contributed by atoms with Crippen LogP contribution in [0.2, 0.25) is 0 Å². The Morgan fingerprint density at radius 1 is 1.43 bits per heavy atom. The van der Waals surface area contributed by atoms with Gasteiger partial charge in [-0.15, -0.1) is 0 Å². The van der Waals surface area contributed by atoms with E-state index in [0.717, 1.165) is 12.1 Å². The Labute approximate surface area is 88.1 Å². The highest BCUT2D eigenvalue weighted by atomic mass is 15.3. The first-order valence-electron chi connectivity index (χ1n) is 6.15. The van der Waals surface area contributed by atoms with Crippen molar-refractivity contribution in [2.24, 2.45) is 0 Å². The molecule has 0 aromatic heterocycles. The molecule has 82 valence electrons. The fourth-order valence-corrected chi connectivity index (χ4v) is 3.16. The summed E-state index contributed by atoms with van der Waals surface area (Å²) in [6, 6.07) is 1.64. The first-order chi connectivity index (χ1) is 6.65. The van der Waals surface area contributed by atoms with Crippen molar-refractivity contribution in [3.05, 3.63) is 0 Å². The standard InChI is InChI=1S/C12H24N2/c1-4-7-12(2,3)14-9-10-11(14)6-5-8-13-10/h10-11,13H,4-9H2,1-3H3. The quantitative estimate of drug-likeness (QED) is 0.743. The number of piperidine rings is 1. The van der Waals surface area contributed by atoms with E-state index in [0.29, 0.717) is 5.54 Å². The molecule has 0 amide bonds. The number of rotatable bonds is 3. The summed E-state index contributed by atoms with van der Waals surface area (Å²) in [4.78, 5) is 2.72. The third-order valence-corrected chi connectivity index (χ3v) is 3.98. The molecule has 2 unspecified atom stereocenters. The van der Waals surface area contributed by atoms with Gasteiger partial charge >= 0.3 is 0 Å². The Bertz CT molecular complexity index is 200. The van der Waals surface area contributed by atoms with Crippen molar-refractivity contribution >= 4 is 0 Å². The number of nitrogens with one attached hydrogen (secondary N) is 1. The van der Waals surface area contributed by atoms with E-state index in [1.165, 1.54) is 38.8 Å². The van der Waals surface area contributed by atoms with Crippen LogP contribution in [-0.2, 0) is 0 Å². The summed E-state index contributed by atoms with van der Waals surface area (Å²) in [5, 5.41) is 3.62. The lowest BCUT2D eigenvalue weighted by atomic mass is 9.81. The highest BCUT2D eigenvalue weighted by Crippen LogP contribution is 2.34. The lowest BCUT2D eigenvalue weighted by molar-refractivity contribution is -0.0584. The van der Waals surface area contributed by atoms with Crippen molar-refractivity contribution in [2.75, 3.05) is 13.1 Å². The third-order valence-electron chi connectivity index (χ3n) is 3.98. The van der Waals surface area contributed by atoms with E-state index < -0.39 is 0 Å². The van der Waals surface area contributed by atoms with Crippen molar-refractivity contribution in [2.45, 2.75) is 64.1 Å². The second kappa shape index (κ2) is 3.82. The molecule has 2 nitrogen and oxygen atoms in total. The van der Waals surface area contributed by atoms with Crippen molar-refractivity contribution in [3.63, 3.8) is 0 Å². The molecule has 0 saturated carbocycles.